The molecule has 104 valence electrons. The molecule has 0 spiro atoms. The maximum Gasteiger partial charge on any atom is 0.269 e. The van der Waals surface area contributed by atoms with Crippen LogP contribution in [-0.2, 0) is 5.75 Å². The van der Waals surface area contributed by atoms with Gasteiger partial charge >= 0.3 is 0 Å². The summed E-state index contributed by atoms with van der Waals surface area (Å²) in [4.78, 5) is 10.2. The van der Waals surface area contributed by atoms with Crippen LogP contribution < -0.4 is 0 Å². The van der Waals surface area contributed by atoms with Gasteiger partial charge in [-0.3, -0.25) is 10.1 Å². The van der Waals surface area contributed by atoms with Gasteiger partial charge in [0.05, 0.1) is 11.1 Å². The summed E-state index contributed by atoms with van der Waals surface area (Å²) in [6.07, 6.45) is 1.74. The fraction of sp³-hybridized carbons (Fsp3) is 0.0667. The van der Waals surface area contributed by atoms with Gasteiger partial charge in [-0.25, -0.2) is 0 Å². The van der Waals surface area contributed by atoms with Crippen molar-refractivity contribution in [2.45, 2.75) is 10.8 Å². The maximum absolute atomic E-state index is 10.6. The number of nitro groups is 1. The lowest BCUT2D eigenvalue weighted by Crippen LogP contribution is -1.90. The molecule has 0 saturated carbocycles. The van der Waals surface area contributed by atoms with E-state index in [-0.39, 0.29) is 5.69 Å². The van der Waals surface area contributed by atoms with Crippen LogP contribution in [0.2, 0.25) is 0 Å². The highest BCUT2D eigenvalue weighted by Gasteiger charge is 2.06. The van der Waals surface area contributed by atoms with Gasteiger partial charge in [0.2, 0.25) is 0 Å². The zero-order valence-corrected chi connectivity index (χ0v) is 11.8. The van der Waals surface area contributed by atoms with Crippen LogP contribution in [-0.4, -0.2) is 15.1 Å². The van der Waals surface area contributed by atoms with Crippen molar-refractivity contribution in [3.8, 4) is 0 Å². The van der Waals surface area contributed by atoms with Gasteiger partial charge in [0, 0.05) is 28.7 Å². The smallest absolute Gasteiger partial charge is 0.258 e. The molecule has 3 aromatic rings. The van der Waals surface area contributed by atoms with Crippen molar-refractivity contribution in [1.29, 1.82) is 0 Å². The van der Waals surface area contributed by atoms with E-state index in [4.69, 9.17) is 0 Å². The van der Waals surface area contributed by atoms with E-state index in [1.807, 2.05) is 24.3 Å². The summed E-state index contributed by atoms with van der Waals surface area (Å²) in [5.41, 5.74) is 1.12. The van der Waals surface area contributed by atoms with Crippen molar-refractivity contribution >= 4 is 28.2 Å². The van der Waals surface area contributed by atoms with Gasteiger partial charge in [0.25, 0.3) is 5.69 Å². The van der Waals surface area contributed by atoms with E-state index >= 15 is 0 Å². The van der Waals surface area contributed by atoms with E-state index in [1.165, 1.54) is 12.1 Å². The molecule has 0 radical (unpaired) electrons. The summed E-state index contributed by atoms with van der Waals surface area (Å²) in [6, 6.07) is 14.5. The summed E-state index contributed by atoms with van der Waals surface area (Å²) in [6.45, 7) is 0. The molecule has 0 saturated heterocycles. The first-order valence-corrected chi connectivity index (χ1v) is 7.29. The first-order chi connectivity index (χ1) is 10.2. The maximum atomic E-state index is 10.6. The highest BCUT2D eigenvalue weighted by Crippen LogP contribution is 2.27. The van der Waals surface area contributed by atoms with Crippen LogP contribution in [0.3, 0.4) is 0 Å². The fourth-order valence-corrected chi connectivity index (χ4v) is 2.92. The van der Waals surface area contributed by atoms with Gasteiger partial charge in [0.1, 0.15) is 5.03 Å². The molecule has 0 atom stereocenters. The van der Waals surface area contributed by atoms with Crippen LogP contribution in [0.4, 0.5) is 5.69 Å². The van der Waals surface area contributed by atoms with Gasteiger partial charge in [0.15, 0.2) is 0 Å². The molecule has 0 aliphatic carbocycles. The summed E-state index contributed by atoms with van der Waals surface area (Å²) in [5, 5.41) is 21.8. The molecule has 0 aliphatic heterocycles. The van der Waals surface area contributed by atoms with Gasteiger partial charge in [-0.15, -0.1) is 5.10 Å². The summed E-state index contributed by atoms with van der Waals surface area (Å²) >= 11 is 1.57. The predicted octanol–water partition coefficient (Wildman–Crippen LogP) is 3.83. The number of rotatable bonds is 4. The van der Waals surface area contributed by atoms with Crippen molar-refractivity contribution in [3.63, 3.8) is 0 Å². The summed E-state index contributed by atoms with van der Waals surface area (Å²) in [5.74, 6) is 0.695. The first-order valence-electron chi connectivity index (χ1n) is 6.30. The van der Waals surface area contributed by atoms with Crippen molar-refractivity contribution in [2.24, 2.45) is 0 Å². The number of nitrogens with zero attached hydrogens (tertiary/aromatic N) is 3. The minimum atomic E-state index is -0.396. The Kier molecular flexibility index (Phi) is 3.79. The second-order valence-corrected chi connectivity index (χ2v) is 5.41. The van der Waals surface area contributed by atoms with Crippen molar-refractivity contribution in [1.82, 2.24) is 10.2 Å². The largest absolute Gasteiger partial charge is 0.269 e. The summed E-state index contributed by atoms with van der Waals surface area (Å²) in [7, 11) is 0. The third-order valence-electron chi connectivity index (χ3n) is 3.06. The molecular formula is C15H11N3O2S. The molecule has 0 N–H and O–H groups in total. The molecule has 1 heterocycles. The number of non-ortho nitro benzene ring substituents is 1. The Hall–Kier alpha value is -2.47. The zero-order chi connectivity index (χ0) is 14.7. The van der Waals surface area contributed by atoms with Gasteiger partial charge < -0.3 is 0 Å². The number of aromatic nitrogens is 2. The Labute approximate surface area is 125 Å². The van der Waals surface area contributed by atoms with Crippen LogP contribution in [0, 0.1) is 10.1 Å². The molecule has 0 aliphatic rings. The number of hydrogen-bond donors (Lipinski definition) is 0. The standard InChI is InChI=1S/C15H11N3O2S/c19-18(20)13-7-5-11(6-8-13)10-21-15-14-4-2-1-3-12(14)9-16-17-15/h1-9H,10H2. The highest BCUT2D eigenvalue weighted by molar-refractivity contribution is 7.98. The molecule has 5 nitrogen and oxygen atoms in total. The third kappa shape index (κ3) is 3.00. The van der Waals surface area contributed by atoms with E-state index in [9.17, 15) is 10.1 Å². The van der Waals surface area contributed by atoms with Crippen LogP contribution >= 0.6 is 11.8 Å². The van der Waals surface area contributed by atoms with E-state index in [0.29, 0.717) is 5.75 Å². The van der Waals surface area contributed by atoms with Crippen LogP contribution in [0.25, 0.3) is 10.8 Å². The Morgan fingerprint density at radius 3 is 2.62 bits per heavy atom. The molecule has 0 unspecified atom stereocenters. The molecule has 6 heteroatoms. The van der Waals surface area contributed by atoms with Gasteiger partial charge in [-0.1, -0.05) is 48.2 Å². The lowest BCUT2D eigenvalue weighted by atomic mass is 10.2. The average molecular weight is 297 g/mol. The van der Waals surface area contributed by atoms with E-state index in [1.54, 1.807) is 30.1 Å². The molecule has 0 fully saturated rings. The zero-order valence-electron chi connectivity index (χ0n) is 11.0. The minimum Gasteiger partial charge on any atom is -0.258 e. The van der Waals surface area contributed by atoms with E-state index in [0.717, 1.165) is 21.4 Å². The minimum absolute atomic E-state index is 0.105. The highest BCUT2D eigenvalue weighted by atomic mass is 32.2. The molecule has 2 aromatic carbocycles. The predicted molar refractivity (Wildman–Crippen MR) is 82.2 cm³/mol. The monoisotopic (exact) mass is 297 g/mol. The van der Waals surface area contributed by atoms with Crippen LogP contribution in [0.1, 0.15) is 5.56 Å². The molecule has 0 amide bonds. The Bertz CT molecular complexity index is 785. The average Bonchev–Trinajstić information content (AvgIpc) is 2.53. The SMILES string of the molecule is O=[N+]([O-])c1ccc(CSc2nncc3ccccc23)cc1. The quantitative estimate of drug-likeness (QED) is 0.416. The molecule has 1 aromatic heterocycles. The number of fused-ring (bicyclic) bond motifs is 1. The van der Waals surface area contributed by atoms with Gasteiger partial charge in [-0.2, -0.15) is 5.10 Å². The van der Waals surface area contributed by atoms with E-state index in [2.05, 4.69) is 10.2 Å². The van der Waals surface area contributed by atoms with E-state index < -0.39 is 4.92 Å². The lowest BCUT2D eigenvalue weighted by Gasteiger charge is -2.04. The molecule has 3 rings (SSSR count). The molecular weight excluding hydrogens is 286 g/mol. The lowest BCUT2D eigenvalue weighted by molar-refractivity contribution is -0.384. The van der Waals surface area contributed by atoms with Crippen molar-refractivity contribution < 1.29 is 4.92 Å². The van der Waals surface area contributed by atoms with Gasteiger partial charge in [-0.05, 0) is 5.56 Å². The van der Waals surface area contributed by atoms with Crippen molar-refractivity contribution in [2.75, 3.05) is 0 Å². The topological polar surface area (TPSA) is 68.9 Å². The molecule has 21 heavy (non-hydrogen) atoms. The number of hydrogen-bond acceptors (Lipinski definition) is 5. The second kappa shape index (κ2) is 5.88. The van der Waals surface area contributed by atoms with Crippen LogP contribution in [0.15, 0.2) is 59.8 Å². The second-order valence-electron chi connectivity index (χ2n) is 4.45. The Morgan fingerprint density at radius 1 is 1.10 bits per heavy atom. The third-order valence-corrected chi connectivity index (χ3v) is 4.11. The van der Waals surface area contributed by atoms with Crippen LogP contribution in [0.5, 0.6) is 0 Å². The Balaban J connectivity index is 1.79. The number of thioether (sulfide) groups is 1. The number of benzene rings is 2. The fourth-order valence-electron chi connectivity index (χ4n) is 1.97. The Morgan fingerprint density at radius 2 is 1.86 bits per heavy atom. The first kappa shape index (κ1) is 13.5. The number of nitro benzene ring substituents is 1. The summed E-state index contributed by atoms with van der Waals surface area (Å²) < 4.78 is 0. The normalized spacial score (nSPS) is 10.7. The molecule has 0 bridgehead atoms. The van der Waals surface area contributed by atoms with Crippen molar-refractivity contribution in [3.05, 3.63) is 70.4 Å².